The Hall–Kier alpha value is -7.37. The van der Waals surface area contributed by atoms with Crippen molar-refractivity contribution in [3.05, 3.63) is 176 Å². The maximum Gasteiger partial charge on any atom is 0.164 e. The van der Waals surface area contributed by atoms with Gasteiger partial charge in [0.2, 0.25) is 0 Å². The molecule has 0 radical (unpaired) electrons. The van der Waals surface area contributed by atoms with Gasteiger partial charge >= 0.3 is 0 Å². The highest BCUT2D eigenvalue weighted by Crippen LogP contribution is 2.42. The Kier molecular flexibility index (Phi) is 6.79. The fourth-order valence-electron chi connectivity index (χ4n) is 7.80. The van der Waals surface area contributed by atoms with Crippen LogP contribution in [0.15, 0.2) is 185 Å². The molecular weight excluding hydrogens is 663 g/mol. The first-order chi connectivity index (χ1) is 26.7. The molecule has 11 aromatic rings. The zero-order chi connectivity index (χ0) is 35.6. The van der Waals surface area contributed by atoms with Crippen LogP contribution in [0.5, 0.6) is 0 Å². The molecule has 54 heavy (non-hydrogen) atoms. The number of benzene rings is 8. The van der Waals surface area contributed by atoms with Crippen LogP contribution in [0, 0.1) is 0 Å². The van der Waals surface area contributed by atoms with Crippen LogP contribution in [0.2, 0.25) is 0 Å². The van der Waals surface area contributed by atoms with Gasteiger partial charge in [0, 0.05) is 43.8 Å². The fraction of sp³-hybridized carbons (Fsp3) is 0. The third-order valence-electron chi connectivity index (χ3n) is 10.3. The van der Waals surface area contributed by atoms with Crippen molar-refractivity contribution in [3.63, 3.8) is 0 Å². The van der Waals surface area contributed by atoms with Crippen molar-refractivity contribution in [1.29, 1.82) is 0 Å². The van der Waals surface area contributed by atoms with E-state index in [0.29, 0.717) is 17.5 Å². The molecule has 3 aromatic heterocycles. The number of para-hydroxylation sites is 2. The molecule has 0 spiro atoms. The van der Waals surface area contributed by atoms with E-state index in [4.69, 9.17) is 23.8 Å². The van der Waals surface area contributed by atoms with E-state index < -0.39 is 0 Å². The van der Waals surface area contributed by atoms with Crippen LogP contribution in [0.3, 0.4) is 0 Å². The quantitative estimate of drug-likeness (QED) is 0.180. The van der Waals surface area contributed by atoms with Gasteiger partial charge in [0.15, 0.2) is 17.5 Å². The van der Waals surface area contributed by atoms with Gasteiger partial charge in [-0.3, -0.25) is 0 Å². The molecule has 0 bridgehead atoms. The molecule has 0 unspecified atom stereocenters. The Bertz CT molecular complexity index is 3230. The number of hydrogen-bond acceptors (Lipinski definition) is 5. The largest absolute Gasteiger partial charge is 0.456 e. The maximum absolute atomic E-state index is 6.59. The first-order valence-electron chi connectivity index (χ1n) is 18.0. The summed E-state index contributed by atoms with van der Waals surface area (Å²) in [5.41, 5.74) is 10.4. The third-order valence-corrected chi connectivity index (χ3v) is 10.3. The minimum absolute atomic E-state index is 0.585. The molecule has 0 saturated heterocycles. The number of fused-ring (bicyclic) bond motifs is 7. The molecule has 0 atom stereocenters. The second-order valence-electron chi connectivity index (χ2n) is 13.6. The van der Waals surface area contributed by atoms with Gasteiger partial charge < -0.3 is 8.83 Å². The highest BCUT2D eigenvalue weighted by Gasteiger charge is 2.20. The summed E-state index contributed by atoms with van der Waals surface area (Å²) in [5.74, 6) is 1.78. The van der Waals surface area contributed by atoms with Crippen LogP contribution >= 0.6 is 0 Å². The summed E-state index contributed by atoms with van der Waals surface area (Å²) in [7, 11) is 0. The highest BCUT2D eigenvalue weighted by molar-refractivity contribution is 6.15. The van der Waals surface area contributed by atoms with Crippen LogP contribution < -0.4 is 0 Å². The molecule has 252 valence electrons. The molecule has 5 heteroatoms. The van der Waals surface area contributed by atoms with Crippen LogP contribution in [0.4, 0.5) is 0 Å². The molecule has 0 aliphatic heterocycles. The molecule has 0 saturated carbocycles. The highest BCUT2D eigenvalue weighted by atomic mass is 16.3. The van der Waals surface area contributed by atoms with Gasteiger partial charge in [-0.25, -0.2) is 15.0 Å². The molecule has 0 aliphatic rings. The Balaban J connectivity index is 1.11. The van der Waals surface area contributed by atoms with E-state index in [1.807, 2.05) is 42.5 Å². The topological polar surface area (TPSA) is 65.0 Å². The lowest BCUT2D eigenvalue weighted by molar-refractivity contribution is 0.669. The van der Waals surface area contributed by atoms with Crippen molar-refractivity contribution < 1.29 is 8.83 Å². The maximum atomic E-state index is 6.59. The Morgan fingerprint density at radius 2 is 0.889 bits per heavy atom. The van der Waals surface area contributed by atoms with E-state index in [-0.39, 0.29) is 0 Å². The Morgan fingerprint density at radius 1 is 0.315 bits per heavy atom. The molecule has 0 N–H and O–H groups in total. The van der Waals surface area contributed by atoms with Crippen molar-refractivity contribution in [2.45, 2.75) is 0 Å². The van der Waals surface area contributed by atoms with E-state index in [1.54, 1.807) is 0 Å². The van der Waals surface area contributed by atoms with E-state index >= 15 is 0 Å². The first kappa shape index (κ1) is 30.3. The van der Waals surface area contributed by atoms with Crippen LogP contribution in [0.1, 0.15) is 0 Å². The summed E-state index contributed by atoms with van der Waals surface area (Å²) in [6.45, 7) is 0. The molecule has 3 heterocycles. The van der Waals surface area contributed by atoms with Gasteiger partial charge in [-0.1, -0.05) is 146 Å². The smallest absolute Gasteiger partial charge is 0.164 e. The van der Waals surface area contributed by atoms with Crippen molar-refractivity contribution >= 4 is 54.6 Å². The Labute approximate surface area is 309 Å². The standard InChI is InChI=1S/C49H29N3O2/c1-2-13-31(14-3-1)37-20-9-21-39-44-36(19-10-25-43(44)54-46(37)39)33-16-8-17-34(29-33)47-50-48(35-27-26-30-12-4-5-15-32(30)28-35)52-49(51-47)40-22-11-24-42-45(40)38-18-6-7-23-41(38)53-42/h1-29H. The van der Waals surface area contributed by atoms with Crippen molar-refractivity contribution in [3.8, 4) is 56.4 Å². The average molecular weight is 692 g/mol. The summed E-state index contributed by atoms with van der Waals surface area (Å²) in [5, 5.41) is 6.45. The lowest BCUT2D eigenvalue weighted by Gasteiger charge is -2.11. The molecule has 8 aromatic carbocycles. The van der Waals surface area contributed by atoms with E-state index in [0.717, 1.165) is 93.6 Å². The third kappa shape index (κ3) is 4.90. The predicted molar refractivity (Wildman–Crippen MR) is 219 cm³/mol. The summed E-state index contributed by atoms with van der Waals surface area (Å²) in [4.78, 5) is 15.5. The summed E-state index contributed by atoms with van der Waals surface area (Å²) in [6.07, 6.45) is 0. The zero-order valence-electron chi connectivity index (χ0n) is 28.9. The van der Waals surface area contributed by atoms with Gasteiger partial charge in [-0.05, 0) is 57.8 Å². The summed E-state index contributed by atoms with van der Waals surface area (Å²) in [6, 6.07) is 60.4. The minimum atomic E-state index is 0.585. The van der Waals surface area contributed by atoms with E-state index in [2.05, 4.69) is 133 Å². The zero-order valence-corrected chi connectivity index (χ0v) is 28.9. The van der Waals surface area contributed by atoms with Gasteiger partial charge in [0.25, 0.3) is 0 Å². The second-order valence-corrected chi connectivity index (χ2v) is 13.6. The lowest BCUT2D eigenvalue weighted by atomic mass is 9.96. The van der Waals surface area contributed by atoms with Gasteiger partial charge in [0.1, 0.15) is 22.3 Å². The molecule has 5 nitrogen and oxygen atoms in total. The van der Waals surface area contributed by atoms with Gasteiger partial charge in [-0.2, -0.15) is 0 Å². The fourth-order valence-corrected chi connectivity index (χ4v) is 7.80. The number of aromatic nitrogens is 3. The predicted octanol–water partition coefficient (Wildman–Crippen LogP) is 13.2. The molecule has 0 fully saturated rings. The SMILES string of the molecule is c1ccc(-c2cccc3c2oc2cccc(-c4cccc(-c5nc(-c6ccc7ccccc7c6)nc(-c6cccc7oc8ccccc8c67)n5)c4)c23)cc1. The van der Waals surface area contributed by atoms with Crippen LogP contribution in [-0.2, 0) is 0 Å². The van der Waals surface area contributed by atoms with Crippen molar-refractivity contribution in [2.75, 3.05) is 0 Å². The monoisotopic (exact) mass is 691 g/mol. The van der Waals surface area contributed by atoms with E-state index in [9.17, 15) is 0 Å². The molecule has 0 aliphatic carbocycles. The van der Waals surface area contributed by atoms with Crippen molar-refractivity contribution in [2.24, 2.45) is 0 Å². The number of furan rings is 2. The van der Waals surface area contributed by atoms with Crippen molar-refractivity contribution in [1.82, 2.24) is 15.0 Å². The van der Waals surface area contributed by atoms with E-state index in [1.165, 1.54) is 0 Å². The number of rotatable bonds is 5. The molecule has 0 amide bonds. The Morgan fingerprint density at radius 3 is 1.76 bits per heavy atom. The second kappa shape index (κ2) is 12.1. The number of nitrogens with zero attached hydrogens (tertiary/aromatic N) is 3. The molecular formula is C49H29N3O2. The van der Waals surface area contributed by atoms with Gasteiger partial charge in [0.05, 0.1) is 0 Å². The first-order valence-corrected chi connectivity index (χ1v) is 18.0. The number of hydrogen-bond donors (Lipinski definition) is 0. The summed E-state index contributed by atoms with van der Waals surface area (Å²) < 4.78 is 12.9. The van der Waals surface area contributed by atoms with Gasteiger partial charge in [-0.15, -0.1) is 0 Å². The average Bonchev–Trinajstić information content (AvgIpc) is 3.83. The van der Waals surface area contributed by atoms with Crippen LogP contribution in [0.25, 0.3) is 111 Å². The van der Waals surface area contributed by atoms with Crippen LogP contribution in [-0.4, -0.2) is 15.0 Å². The summed E-state index contributed by atoms with van der Waals surface area (Å²) >= 11 is 0. The lowest BCUT2D eigenvalue weighted by Crippen LogP contribution is -2.00. The normalized spacial score (nSPS) is 11.7. The minimum Gasteiger partial charge on any atom is -0.456 e. The molecule has 11 rings (SSSR count).